The molecule has 1 N–H and O–H groups in total. The Kier molecular flexibility index (Phi) is 4.07. The van der Waals surface area contributed by atoms with Gasteiger partial charge in [-0.05, 0) is 47.1 Å². The number of hydrogen-bond donors (Lipinski definition) is 1. The number of carbonyl (C=O) groups excluding carboxylic acids is 1. The first-order chi connectivity index (χ1) is 8.50. The molecule has 0 aliphatic carbocycles. The van der Waals surface area contributed by atoms with Crippen LogP contribution in [0.3, 0.4) is 0 Å². The quantitative estimate of drug-likeness (QED) is 0.906. The fourth-order valence-electron chi connectivity index (χ4n) is 2.27. The van der Waals surface area contributed by atoms with E-state index in [1.807, 2.05) is 18.4 Å². The molecule has 1 fully saturated rings. The molecule has 98 valence electrons. The molecule has 0 spiro atoms. The molecule has 2 rings (SSSR count). The van der Waals surface area contributed by atoms with Crippen molar-refractivity contribution in [3.8, 4) is 0 Å². The van der Waals surface area contributed by atoms with Crippen molar-refractivity contribution in [2.75, 3.05) is 6.54 Å². The molecule has 1 aliphatic rings. The predicted molar refractivity (Wildman–Crippen MR) is 72.9 cm³/mol. The lowest BCUT2D eigenvalue weighted by molar-refractivity contribution is -0.143. The maximum atomic E-state index is 12.3. The summed E-state index contributed by atoms with van der Waals surface area (Å²) in [6.45, 7) is 2.43. The minimum absolute atomic E-state index is 0.00628. The molecule has 0 aromatic carbocycles. The highest BCUT2D eigenvalue weighted by Gasteiger charge is 2.33. The van der Waals surface area contributed by atoms with Crippen molar-refractivity contribution >= 4 is 39.1 Å². The number of rotatable bonds is 2. The number of carboxylic acids is 1. The SMILES string of the molecule is CC1CC(C(=O)O)CCN1C(=O)c1sccc1Br. The van der Waals surface area contributed by atoms with Gasteiger partial charge in [-0.2, -0.15) is 0 Å². The molecule has 6 heteroatoms. The first-order valence-corrected chi connectivity index (χ1v) is 7.44. The summed E-state index contributed by atoms with van der Waals surface area (Å²) in [6, 6.07) is 1.83. The molecule has 1 amide bonds. The van der Waals surface area contributed by atoms with E-state index in [-0.39, 0.29) is 17.9 Å². The zero-order valence-electron chi connectivity index (χ0n) is 9.93. The first-order valence-electron chi connectivity index (χ1n) is 5.77. The molecule has 1 aliphatic heterocycles. The average Bonchev–Trinajstić information content (AvgIpc) is 2.74. The van der Waals surface area contributed by atoms with Crippen molar-refractivity contribution in [1.82, 2.24) is 4.90 Å². The second kappa shape index (κ2) is 5.40. The number of hydrogen-bond acceptors (Lipinski definition) is 3. The van der Waals surface area contributed by atoms with E-state index < -0.39 is 5.97 Å². The average molecular weight is 332 g/mol. The highest BCUT2D eigenvalue weighted by molar-refractivity contribution is 9.10. The number of carbonyl (C=O) groups is 2. The van der Waals surface area contributed by atoms with Gasteiger partial charge in [-0.25, -0.2) is 0 Å². The van der Waals surface area contributed by atoms with E-state index >= 15 is 0 Å². The molecule has 2 atom stereocenters. The van der Waals surface area contributed by atoms with Crippen LogP contribution in [0.4, 0.5) is 0 Å². The van der Waals surface area contributed by atoms with E-state index in [4.69, 9.17) is 5.11 Å². The summed E-state index contributed by atoms with van der Waals surface area (Å²) in [5.74, 6) is -1.09. The summed E-state index contributed by atoms with van der Waals surface area (Å²) >= 11 is 4.76. The van der Waals surface area contributed by atoms with Gasteiger partial charge in [0.1, 0.15) is 4.88 Å². The van der Waals surface area contributed by atoms with Gasteiger partial charge in [0.05, 0.1) is 5.92 Å². The van der Waals surface area contributed by atoms with Crippen LogP contribution in [-0.2, 0) is 4.79 Å². The highest BCUT2D eigenvalue weighted by atomic mass is 79.9. The third kappa shape index (κ3) is 2.59. The molecule has 0 bridgehead atoms. The van der Waals surface area contributed by atoms with Crippen molar-refractivity contribution in [3.05, 3.63) is 20.8 Å². The predicted octanol–water partition coefficient (Wildman–Crippen LogP) is 2.84. The van der Waals surface area contributed by atoms with Crippen LogP contribution in [0.25, 0.3) is 0 Å². The molecule has 1 aromatic rings. The first kappa shape index (κ1) is 13.5. The van der Waals surface area contributed by atoms with Gasteiger partial charge in [0.25, 0.3) is 5.91 Å². The molecule has 2 heterocycles. The van der Waals surface area contributed by atoms with E-state index in [9.17, 15) is 9.59 Å². The zero-order valence-corrected chi connectivity index (χ0v) is 12.3. The number of carboxylic acid groups (broad SMARTS) is 1. The largest absolute Gasteiger partial charge is 0.481 e. The molecule has 1 aromatic heterocycles. The summed E-state index contributed by atoms with van der Waals surface area (Å²) in [6.07, 6.45) is 1.07. The third-order valence-corrected chi connectivity index (χ3v) is 5.12. The van der Waals surface area contributed by atoms with Crippen LogP contribution >= 0.6 is 27.3 Å². The highest BCUT2D eigenvalue weighted by Crippen LogP contribution is 2.29. The second-order valence-corrected chi connectivity index (χ2v) is 6.28. The smallest absolute Gasteiger partial charge is 0.306 e. The number of halogens is 1. The second-order valence-electron chi connectivity index (χ2n) is 4.50. The van der Waals surface area contributed by atoms with Gasteiger partial charge in [0, 0.05) is 17.1 Å². The Hall–Kier alpha value is -0.880. The summed E-state index contributed by atoms with van der Waals surface area (Å²) < 4.78 is 0.810. The number of amides is 1. The van der Waals surface area contributed by atoms with Gasteiger partial charge in [0.2, 0.25) is 0 Å². The summed E-state index contributed by atoms with van der Waals surface area (Å²) in [5.41, 5.74) is 0. The summed E-state index contributed by atoms with van der Waals surface area (Å²) in [5, 5.41) is 10.9. The van der Waals surface area contributed by atoms with E-state index in [1.54, 1.807) is 4.90 Å². The van der Waals surface area contributed by atoms with E-state index in [1.165, 1.54) is 11.3 Å². The Balaban J connectivity index is 2.10. The van der Waals surface area contributed by atoms with Crippen LogP contribution in [0.2, 0.25) is 0 Å². The van der Waals surface area contributed by atoms with E-state index in [0.717, 1.165) is 4.47 Å². The van der Waals surface area contributed by atoms with Crippen LogP contribution in [0.5, 0.6) is 0 Å². The molecule has 2 unspecified atom stereocenters. The Bertz CT molecular complexity index is 474. The lowest BCUT2D eigenvalue weighted by atomic mass is 9.91. The lowest BCUT2D eigenvalue weighted by Gasteiger charge is -2.36. The minimum Gasteiger partial charge on any atom is -0.481 e. The Morgan fingerprint density at radius 3 is 2.78 bits per heavy atom. The van der Waals surface area contributed by atoms with Crippen molar-refractivity contribution in [3.63, 3.8) is 0 Å². The number of likely N-dealkylation sites (tertiary alicyclic amines) is 1. The maximum absolute atomic E-state index is 12.3. The van der Waals surface area contributed by atoms with Crippen molar-refractivity contribution in [2.45, 2.75) is 25.8 Å². The van der Waals surface area contributed by atoms with Gasteiger partial charge in [0.15, 0.2) is 0 Å². The van der Waals surface area contributed by atoms with Gasteiger partial charge < -0.3 is 10.0 Å². The third-order valence-electron chi connectivity index (χ3n) is 3.30. The number of aliphatic carboxylic acids is 1. The van der Waals surface area contributed by atoms with E-state index in [0.29, 0.717) is 24.3 Å². The fourth-order valence-corrected chi connectivity index (χ4v) is 3.77. The molecule has 0 radical (unpaired) electrons. The molecule has 0 saturated carbocycles. The lowest BCUT2D eigenvalue weighted by Crippen LogP contribution is -2.45. The maximum Gasteiger partial charge on any atom is 0.306 e. The Labute approximate surface area is 118 Å². The van der Waals surface area contributed by atoms with Gasteiger partial charge in [-0.15, -0.1) is 11.3 Å². The minimum atomic E-state index is -0.758. The normalized spacial score (nSPS) is 24.0. The molecular formula is C12H14BrNO3S. The van der Waals surface area contributed by atoms with Crippen molar-refractivity contribution < 1.29 is 14.7 Å². The van der Waals surface area contributed by atoms with Gasteiger partial charge >= 0.3 is 5.97 Å². The summed E-state index contributed by atoms with van der Waals surface area (Å²) in [7, 11) is 0. The van der Waals surface area contributed by atoms with Crippen LogP contribution in [0, 0.1) is 5.92 Å². The van der Waals surface area contributed by atoms with Crippen LogP contribution in [-0.4, -0.2) is 34.5 Å². The standard InChI is InChI=1S/C12H14BrNO3S/c1-7-6-8(12(16)17)2-4-14(7)11(15)10-9(13)3-5-18-10/h3,5,7-8H,2,4,6H2,1H3,(H,16,17). The summed E-state index contributed by atoms with van der Waals surface area (Å²) in [4.78, 5) is 25.7. The van der Waals surface area contributed by atoms with Crippen LogP contribution in [0.15, 0.2) is 15.9 Å². The van der Waals surface area contributed by atoms with Gasteiger partial charge in [-0.3, -0.25) is 9.59 Å². The van der Waals surface area contributed by atoms with Crippen molar-refractivity contribution in [2.24, 2.45) is 5.92 Å². The Morgan fingerprint density at radius 2 is 2.28 bits per heavy atom. The van der Waals surface area contributed by atoms with Crippen molar-refractivity contribution in [1.29, 1.82) is 0 Å². The zero-order chi connectivity index (χ0) is 13.3. The number of piperidine rings is 1. The fraction of sp³-hybridized carbons (Fsp3) is 0.500. The van der Waals surface area contributed by atoms with Gasteiger partial charge in [-0.1, -0.05) is 0 Å². The molecule has 4 nitrogen and oxygen atoms in total. The number of thiophene rings is 1. The molecule has 18 heavy (non-hydrogen) atoms. The monoisotopic (exact) mass is 331 g/mol. The molecular weight excluding hydrogens is 318 g/mol. The topological polar surface area (TPSA) is 57.6 Å². The molecule has 1 saturated heterocycles. The van der Waals surface area contributed by atoms with Crippen LogP contribution in [0.1, 0.15) is 29.4 Å². The van der Waals surface area contributed by atoms with E-state index in [2.05, 4.69) is 15.9 Å². The van der Waals surface area contributed by atoms with Crippen LogP contribution < -0.4 is 0 Å². The Morgan fingerprint density at radius 1 is 1.56 bits per heavy atom. The number of nitrogens with zero attached hydrogens (tertiary/aromatic N) is 1.